The molecule has 0 saturated heterocycles. The molecular weight excluding hydrogens is 310 g/mol. The third-order valence-electron chi connectivity index (χ3n) is 2.86. The summed E-state index contributed by atoms with van der Waals surface area (Å²) in [6.45, 7) is 0. The predicted octanol–water partition coefficient (Wildman–Crippen LogP) is 3.08. The maximum Gasteiger partial charge on any atom is 0.262 e. The van der Waals surface area contributed by atoms with Crippen LogP contribution in [0.4, 0.5) is 5.69 Å². The highest BCUT2D eigenvalue weighted by atomic mass is 35.5. The van der Waals surface area contributed by atoms with Crippen molar-refractivity contribution in [1.29, 1.82) is 0 Å². The smallest absolute Gasteiger partial charge is 0.262 e. The lowest BCUT2D eigenvalue weighted by Crippen LogP contribution is -2.13. The van der Waals surface area contributed by atoms with Gasteiger partial charge in [-0.05, 0) is 36.4 Å². The molecule has 1 N–H and O–H groups in total. The van der Waals surface area contributed by atoms with E-state index in [1.807, 2.05) is 6.07 Å². The third-order valence-corrected chi connectivity index (χ3v) is 4.45. The van der Waals surface area contributed by atoms with E-state index in [2.05, 4.69) is 14.7 Å². The van der Waals surface area contributed by atoms with Gasteiger partial charge in [-0.1, -0.05) is 17.7 Å². The van der Waals surface area contributed by atoms with Crippen molar-refractivity contribution in [3.8, 4) is 0 Å². The molecule has 0 bridgehead atoms. The molecule has 3 rings (SSSR count). The molecule has 0 aliphatic carbocycles. The van der Waals surface area contributed by atoms with Gasteiger partial charge in [0.1, 0.15) is 5.15 Å². The Morgan fingerprint density at radius 1 is 1.00 bits per heavy atom. The zero-order valence-electron chi connectivity index (χ0n) is 10.7. The molecular formula is C14H10ClN3O2S. The molecule has 106 valence electrons. The number of hydrogen-bond acceptors (Lipinski definition) is 4. The van der Waals surface area contributed by atoms with Crippen molar-refractivity contribution in [3.05, 3.63) is 60.0 Å². The van der Waals surface area contributed by atoms with Gasteiger partial charge < -0.3 is 0 Å². The van der Waals surface area contributed by atoms with Gasteiger partial charge in [-0.2, -0.15) is 0 Å². The first kappa shape index (κ1) is 13.8. The number of anilines is 1. The number of benzene rings is 1. The average molecular weight is 320 g/mol. The van der Waals surface area contributed by atoms with Gasteiger partial charge in [0.25, 0.3) is 10.0 Å². The molecule has 0 unspecified atom stereocenters. The van der Waals surface area contributed by atoms with Crippen molar-refractivity contribution in [1.82, 2.24) is 9.97 Å². The predicted molar refractivity (Wildman–Crippen MR) is 81.8 cm³/mol. The normalized spacial score (nSPS) is 11.5. The van der Waals surface area contributed by atoms with Gasteiger partial charge in [-0.3, -0.25) is 9.71 Å². The van der Waals surface area contributed by atoms with Crippen LogP contribution in [-0.2, 0) is 10.0 Å². The van der Waals surface area contributed by atoms with Gasteiger partial charge in [0.05, 0.1) is 10.4 Å². The Morgan fingerprint density at radius 3 is 2.67 bits per heavy atom. The Kier molecular flexibility index (Phi) is 3.48. The van der Waals surface area contributed by atoms with E-state index in [0.29, 0.717) is 5.69 Å². The minimum absolute atomic E-state index is 0.0637. The second-order valence-electron chi connectivity index (χ2n) is 4.33. The summed E-state index contributed by atoms with van der Waals surface area (Å²) >= 11 is 5.72. The number of fused-ring (bicyclic) bond motifs is 1. The van der Waals surface area contributed by atoms with Crippen molar-refractivity contribution in [2.45, 2.75) is 4.90 Å². The van der Waals surface area contributed by atoms with Crippen molar-refractivity contribution < 1.29 is 8.42 Å². The Hall–Kier alpha value is -2.18. The first-order valence-corrected chi connectivity index (χ1v) is 7.90. The quantitative estimate of drug-likeness (QED) is 0.753. The summed E-state index contributed by atoms with van der Waals surface area (Å²) in [5.41, 5.74) is 1.26. The number of rotatable bonds is 3. The molecule has 0 aliphatic heterocycles. The summed E-state index contributed by atoms with van der Waals surface area (Å²) in [6.07, 6.45) is 3.03. The number of halogens is 1. The summed E-state index contributed by atoms with van der Waals surface area (Å²) in [5, 5.41) is 0.978. The minimum atomic E-state index is -3.70. The van der Waals surface area contributed by atoms with Gasteiger partial charge in [-0.25, -0.2) is 13.4 Å². The largest absolute Gasteiger partial charge is 0.280 e. The molecule has 0 saturated carbocycles. The van der Waals surface area contributed by atoms with Crippen LogP contribution in [-0.4, -0.2) is 18.4 Å². The van der Waals surface area contributed by atoms with Gasteiger partial charge in [-0.15, -0.1) is 0 Å². The number of aromatic nitrogens is 2. The van der Waals surface area contributed by atoms with Crippen molar-refractivity contribution in [3.63, 3.8) is 0 Å². The molecule has 0 amide bonds. The Bertz CT molecular complexity index is 913. The summed E-state index contributed by atoms with van der Waals surface area (Å²) in [5.74, 6) is 0. The standard InChI is InChI=1S/C14H10ClN3O2S/c15-14-9-12(5-7-17-14)21(19,20)18-11-3-4-13-10(8-11)2-1-6-16-13/h1-9,18H. The summed E-state index contributed by atoms with van der Waals surface area (Å²) in [6, 6.07) is 11.5. The monoisotopic (exact) mass is 319 g/mol. The average Bonchev–Trinajstić information content (AvgIpc) is 2.47. The van der Waals surface area contributed by atoms with Gasteiger partial charge in [0, 0.05) is 23.5 Å². The second kappa shape index (κ2) is 5.31. The van der Waals surface area contributed by atoms with E-state index in [-0.39, 0.29) is 10.0 Å². The molecule has 0 radical (unpaired) electrons. The van der Waals surface area contributed by atoms with Crippen LogP contribution in [0.15, 0.2) is 59.8 Å². The van der Waals surface area contributed by atoms with E-state index in [1.54, 1.807) is 30.5 Å². The first-order chi connectivity index (χ1) is 10.0. The molecule has 0 atom stereocenters. The van der Waals surface area contributed by atoms with Crippen molar-refractivity contribution >= 4 is 38.2 Å². The number of sulfonamides is 1. The van der Waals surface area contributed by atoms with Crippen LogP contribution in [0.3, 0.4) is 0 Å². The topological polar surface area (TPSA) is 72.0 Å². The number of nitrogens with zero attached hydrogens (tertiary/aromatic N) is 2. The highest BCUT2D eigenvalue weighted by Gasteiger charge is 2.15. The van der Waals surface area contributed by atoms with E-state index < -0.39 is 10.0 Å². The van der Waals surface area contributed by atoms with E-state index >= 15 is 0 Å². The number of pyridine rings is 2. The molecule has 5 nitrogen and oxygen atoms in total. The van der Waals surface area contributed by atoms with E-state index in [4.69, 9.17) is 11.6 Å². The minimum Gasteiger partial charge on any atom is -0.280 e. The molecule has 3 aromatic rings. The Morgan fingerprint density at radius 2 is 1.86 bits per heavy atom. The fourth-order valence-electron chi connectivity index (χ4n) is 1.91. The highest BCUT2D eigenvalue weighted by molar-refractivity contribution is 7.92. The lowest BCUT2D eigenvalue weighted by molar-refractivity contribution is 0.601. The third kappa shape index (κ3) is 2.96. The molecule has 0 aliphatic rings. The Balaban J connectivity index is 1.97. The van der Waals surface area contributed by atoms with Gasteiger partial charge >= 0.3 is 0 Å². The van der Waals surface area contributed by atoms with Crippen LogP contribution < -0.4 is 4.72 Å². The SMILES string of the molecule is O=S(=O)(Nc1ccc2ncccc2c1)c1ccnc(Cl)c1. The zero-order valence-corrected chi connectivity index (χ0v) is 12.3. The van der Waals surface area contributed by atoms with Crippen LogP contribution in [0.1, 0.15) is 0 Å². The lowest BCUT2D eigenvalue weighted by atomic mass is 10.2. The lowest BCUT2D eigenvalue weighted by Gasteiger charge is -2.08. The summed E-state index contributed by atoms with van der Waals surface area (Å²) in [7, 11) is -3.70. The first-order valence-electron chi connectivity index (χ1n) is 6.04. The van der Waals surface area contributed by atoms with Crippen molar-refractivity contribution in [2.24, 2.45) is 0 Å². The van der Waals surface area contributed by atoms with E-state index in [0.717, 1.165) is 10.9 Å². The number of nitrogens with one attached hydrogen (secondary N) is 1. The molecule has 0 spiro atoms. The van der Waals surface area contributed by atoms with E-state index in [1.165, 1.54) is 18.3 Å². The summed E-state index contributed by atoms with van der Waals surface area (Å²) < 4.78 is 27.1. The van der Waals surface area contributed by atoms with E-state index in [9.17, 15) is 8.42 Å². The molecule has 2 aromatic heterocycles. The summed E-state index contributed by atoms with van der Waals surface area (Å²) in [4.78, 5) is 8.02. The molecule has 0 fully saturated rings. The van der Waals surface area contributed by atoms with Gasteiger partial charge in [0.15, 0.2) is 0 Å². The maximum absolute atomic E-state index is 12.3. The second-order valence-corrected chi connectivity index (χ2v) is 6.40. The molecule has 1 aromatic carbocycles. The highest BCUT2D eigenvalue weighted by Crippen LogP contribution is 2.21. The van der Waals surface area contributed by atoms with Crippen LogP contribution in [0.25, 0.3) is 10.9 Å². The fraction of sp³-hybridized carbons (Fsp3) is 0. The molecule has 21 heavy (non-hydrogen) atoms. The van der Waals surface area contributed by atoms with Gasteiger partial charge in [0.2, 0.25) is 0 Å². The van der Waals surface area contributed by atoms with Crippen LogP contribution in [0.2, 0.25) is 5.15 Å². The Labute approximate surface area is 126 Å². The molecule has 2 heterocycles. The molecule has 7 heteroatoms. The number of hydrogen-bond donors (Lipinski definition) is 1. The maximum atomic E-state index is 12.3. The fourth-order valence-corrected chi connectivity index (χ4v) is 3.21. The van der Waals surface area contributed by atoms with Crippen LogP contribution in [0, 0.1) is 0 Å². The van der Waals surface area contributed by atoms with Crippen LogP contribution in [0.5, 0.6) is 0 Å². The van der Waals surface area contributed by atoms with Crippen LogP contribution >= 0.6 is 11.6 Å². The zero-order chi connectivity index (χ0) is 14.9. The van der Waals surface area contributed by atoms with Crippen molar-refractivity contribution in [2.75, 3.05) is 4.72 Å².